The van der Waals surface area contributed by atoms with Crippen LogP contribution in [0.15, 0.2) is 30.3 Å². The molecule has 1 unspecified atom stereocenters. The summed E-state index contributed by atoms with van der Waals surface area (Å²) in [7, 11) is 0. The molecular formula is C20H26F3NO7. The maximum absolute atomic E-state index is 13.1. The van der Waals surface area contributed by atoms with E-state index in [1.54, 1.807) is 30.3 Å². The first-order valence-corrected chi connectivity index (χ1v) is 9.35. The van der Waals surface area contributed by atoms with Crippen molar-refractivity contribution in [2.45, 2.75) is 64.1 Å². The second kappa shape index (κ2) is 11.1. The highest BCUT2D eigenvalue weighted by Crippen LogP contribution is 2.28. The van der Waals surface area contributed by atoms with Crippen LogP contribution in [0.5, 0.6) is 0 Å². The zero-order chi connectivity index (χ0) is 23.8. The number of aliphatic hydroxyl groups is 2. The van der Waals surface area contributed by atoms with E-state index in [0.29, 0.717) is 5.56 Å². The second-order valence-electron chi connectivity index (χ2n) is 7.67. The average molecular weight is 449 g/mol. The predicted molar refractivity (Wildman–Crippen MR) is 101 cm³/mol. The van der Waals surface area contributed by atoms with Gasteiger partial charge in [0, 0.05) is 6.42 Å². The van der Waals surface area contributed by atoms with Crippen LogP contribution in [0, 0.1) is 0 Å². The number of ether oxygens (including phenoxy) is 2. The van der Waals surface area contributed by atoms with Gasteiger partial charge in [0.15, 0.2) is 6.10 Å². The summed E-state index contributed by atoms with van der Waals surface area (Å²) in [5.74, 6) is -2.41. The van der Waals surface area contributed by atoms with Gasteiger partial charge in [0.2, 0.25) is 5.78 Å². The van der Waals surface area contributed by atoms with Crippen molar-refractivity contribution < 1.29 is 47.2 Å². The molecule has 0 saturated heterocycles. The molecule has 2 atom stereocenters. The van der Waals surface area contributed by atoms with Crippen LogP contribution in [-0.4, -0.2) is 63.6 Å². The first kappa shape index (κ1) is 26.4. The molecule has 0 aliphatic rings. The zero-order valence-electron chi connectivity index (χ0n) is 17.4. The quantitative estimate of drug-likeness (QED) is 0.338. The Labute approximate surface area is 177 Å². The van der Waals surface area contributed by atoms with Gasteiger partial charge in [-0.1, -0.05) is 30.3 Å². The van der Waals surface area contributed by atoms with Gasteiger partial charge >= 0.3 is 18.2 Å². The largest absolute Gasteiger partial charge is 0.455 e. The summed E-state index contributed by atoms with van der Waals surface area (Å²) in [5.41, 5.74) is -0.486. The molecule has 0 aliphatic carbocycles. The molecular weight excluding hydrogens is 423 g/mol. The van der Waals surface area contributed by atoms with Crippen molar-refractivity contribution in [2.75, 3.05) is 6.73 Å². The summed E-state index contributed by atoms with van der Waals surface area (Å²) in [6.45, 7) is 2.96. The SMILES string of the molecule is CC(C)(C)OC(=O)N(CO)[C@@H](CCC(=O)C(=O)OCc1ccccc1)C(O)C(F)(F)F. The molecule has 1 amide bonds. The number of rotatable bonds is 9. The van der Waals surface area contributed by atoms with Crippen LogP contribution in [0.1, 0.15) is 39.2 Å². The van der Waals surface area contributed by atoms with Crippen LogP contribution in [-0.2, 0) is 25.7 Å². The molecule has 0 heterocycles. The standard InChI is InChI=1S/C20H26F3NO7/c1-19(2,3)31-18(29)24(12-25)14(16(27)20(21,22)23)9-10-15(26)17(28)30-11-13-7-5-4-6-8-13/h4-8,14,16,25,27H,9-12H2,1-3H3/t14-,16?/m0/s1. The lowest BCUT2D eigenvalue weighted by molar-refractivity contribution is -0.223. The summed E-state index contributed by atoms with van der Waals surface area (Å²) in [6.07, 6.45) is -11.1. The molecule has 0 fully saturated rings. The molecule has 0 radical (unpaired) electrons. The topological polar surface area (TPSA) is 113 Å². The Bertz CT molecular complexity index is 747. The van der Waals surface area contributed by atoms with Gasteiger partial charge in [-0.2, -0.15) is 13.2 Å². The highest BCUT2D eigenvalue weighted by molar-refractivity contribution is 6.33. The fourth-order valence-corrected chi connectivity index (χ4v) is 2.51. The average Bonchev–Trinajstić information content (AvgIpc) is 2.67. The summed E-state index contributed by atoms with van der Waals surface area (Å²) >= 11 is 0. The van der Waals surface area contributed by atoms with Gasteiger partial charge in [0.05, 0.1) is 6.04 Å². The van der Waals surface area contributed by atoms with Crippen LogP contribution in [0.4, 0.5) is 18.0 Å². The maximum Gasteiger partial charge on any atom is 0.416 e. The van der Waals surface area contributed by atoms with Gasteiger partial charge in [-0.05, 0) is 32.8 Å². The van der Waals surface area contributed by atoms with Crippen molar-refractivity contribution in [3.05, 3.63) is 35.9 Å². The van der Waals surface area contributed by atoms with Crippen LogP contribution in [0.25, 0.3) is 0 Å². The van der Waals surface area contributed by atoms with E-state index in [1.807, 2.05) is 0 Å². The Hall–Kier alpha value is -2.66. The Kier molecular flexibility index (Phi) is 9.44. The molecule has 0 saturated carbocycles. The lowest BCUT2D eigenvalue weighted by atomic mass is 10.0. The van der Waals surface area contributed by atoms with Gasteiger partial charge in [0.1, 0.15) is 18.9 Å². The molecule has 2 N–H and O–H groups in total. The number of esters is 1. The molecule has 8 nitrogen and oxygen atoms in total. The summed E-state index contributed by atoms with van der Waals surface area (Å²) in [6, 6.07) is 6.34. The third kappa shape index (κ3) is 8.93. The number of amides is 1. The van der Waals surface area contributed by atoms with Crippen LogP contribution in [0.2, 0.25) is 0 Å². The number of Topliss-reactive ketones (excluding diaryl/α,β-unsaturated/α-hetero) is 1. The minimum atomic E-state index is -5.16. The highest BCUT2D eigenvalue weighted by atomic mass is 19.4. The van der Waals surface area contributed by atoms with Crippen LogP contribution < -0.4 is 0 Å². The van der Waals surface area contributed by atoms with Crippen molar-refractivity contribution in [1.82, 2.24) is 4.90 Å². The third-order valence-corrected chi connectivity index (χ3v) is 3.99. The maximum atomic E-state index is 13.1. The molecule has 1 rings (SSSR count). The monoisotopic (exact) mass is 449 g/mol. The van der Waals surface area contributed by atoms with E-state index < -0.39 is 61.3 Å². The fraction of sp³-hybridized carbons (Fsp3) is 0.550. The molecule has 0 aromatic heterocycles. The molecule has 31 heavy (non-hydrogen) atoms. The van der Waals surface area contributed by atoms with Gasteiger partial charge in [0.25, 0.3) is 0 Å². The number of hydrogen-bond acceptors (Lipinski definition) is 7. The number of nitrogens with zero attached hydrogens (tertiary/aromatic N) is 1. The Morgan fingerprint density at radius 2 is 1.68 bits per heavy atom. The van der Waals surface area contributed by atoms with E-state index in [0.717, 1.165) is 0 Å². The lowest BCUT2D eigenvalue weighted by Crippen LogP contribution is -2.54. The van der Waals surface area contributed by atoms with Gasteiger partial charge in [-0.3, -0.25) is 9.69 Å². The number of alkyl halides is 3. The molecule has 0 spiro atoms. The Morgan fingerprint density at radius 3 is 2.16 bits per heavy atom. The number of hydrogen-bond donors (Lipinski definition) is 2. The van der Waals surface area contributed by atoms with E-state index in [1.165, 1.54) is 20.8 Å². The third-order valence-electron chi connectivity index (χ3n) is 3.99. The van der Waals surface area contributed by atoms with E-state index >= 15 is 0 Å². The molecule has 1 aromatic rings. The van der Waals surface area contributed by atoms with Gasteiger partial charge in [-0.25, -0.2) is 9.59 Å². The fourth-order valence-electron chi connectivity index (χ4n) is 2.51. The minimum absolute atomic E-state index is 0.208. The number of ketones is 1. The summed E-state index contributed by atoms with van der Waals surface area (Å²) < 4.78 is 49.1. The smallest absolute Gasteiger partial charge is 0.416 e. The van der Waals surface area contributed by atoms with Crippen LogP contribution in [0.3, 0.4) is 0 Å². The Morgan fingerprint density at radius 1 is 1.10 bits per heavy atom. The van der Waals surface area contributed by atoms with Crippen molar-refractivity contribution in [1.29, 1.82) is 0 Å². The number of carbonyl (C=O) groups is 3. The first-order chi connectivity index (χ1) is 14.3. The first-order valence-electron chi connectivity index (χ1n) is 9.35. The normalized spacial score (nSPS) is 13.8. The summed E-state index contributed by atoms with van der Waals surface area (Å²) in [5, 5.41) is 19.1. The molecule has 11 heteroatoms. The minimum Gasteiger partial charge on any atom is -0.455 e. The van der Waals surface area contributed by atoms with E-state index in [9.17, 15) is 37.8 Å². The predicted octanol–water partition coefficient (Wildman–Crippen LogP) is 2.56. The van der Waals surface area contributed by atoms with Crippen molar-refractivity contribution in [3.63, 3.8) is 0 Å². The van der Waals surface area contributed by atoms with Crippen LogP contribution >= 0.6 is 0 Å². The molecule has 1 aromatic carbocycles. The zero-order valence-corrected chi connectivity index (χ0v) is 17.4. The molecule has 174 valence electrons. The van der Waals surface area contributed by atoms with E-state index in [4.69, 9.17) is 9.47 Å². The van der Waals surface area contributed by atoms with Crippen molar-refractivity contribution >= 4 is 17.8 Å². The van der Waals surface area contributed by atoms with E-state index in [2.05, 4.69) is 0 Å². The second-order valence-corrected chi connectivity index (χ2v) is 7.67. The lowest BCUT2D eigenvalue weighted by Gasteiger charge is -2.35. The van der Waals surface area contributed by atoms with Crippen molar-refractivity contribution in [2.24, 2.45) is 0 Å². The highest BCUT2D eigenvalue weighted by Gasteiger charge is 2.47. The Balaban J connectivity index is 2.85. The number of halogens is 3. The van der Waals surface area contributed by atoms with Crippen molar-refractivity contribution in [3.8, 4) is 0 Å². The van der Waals surface area contributed by atoms with Gasteiger partial charge < -0.3 is 19.7 Å². The van der Waals surface area contributed by atoms with E-state index in [-0.39, 0.29) is 11.5 Å². The number of benzene rings is 1. The van der Waals surface area contributed by atoms with Gasteiger partial charge in [-0.15, -0.1) is 0 Å². The molecule has 0 aliphatic heterocycles. The number of aliphatic hydroxyl groups excluding tert-OH is 2. The molecule has 0 bridgehead atoms. The summed E-state index contributed by atoms with van der Waals surface area (Å²) in [4.78, 5) is 36.3. The number of carbonyl (C=O) groups excluding carboxylic acids is 3.